The monoisotopic (exact) mass is 441 g/mol. The van der Waals surface area contributed by atoms with E-state index in [9.17, 15) is 13.2 Å². The highest BCUT2D eigenvalue weighted by atomic mass is 32.2. The van der Waals surface area contributed by atoms with Crippen LogP contribution in [0.2, 0.25) is 0 Å². The number of carbonyl (C=O) groups excluding carboxylic acids is 1. The number of hydrogen-bond acceptors (Lipinski definition) is 4. The molecule has 7 heteroatoms. The summed E-state index contributed by atoms with van der Waals surface area (Å²) in [5, 5.41) is 6.39. The molecule has 1 aliphatic carbocycles. The molecule has 166 valence electrons. The van der Waals surface area contributed by atoms with Crippen molar-refractivity contribution in [3.8, 4) is 0 Å². The van der Waals surface area contributed by atoms with Crippen molar-refractivity contribution < 1.29 is 13.2 Å². The number of nitrogens with one attached hydrogen (secondary N) is 2. The molecule has 1 fully saturated rings. The standard InChI is InChI=1S/C24H31N3O3S/c1-2-31(29,30)27-15-12-21-19(17-27)8-6-11-22(21)25-16-23(28)26-18-24(13-7-14-24)20-9-4-3-5-10-20/h3-6,8-11,25H,2,7,12-18H2,1H3,(H,26,28). The summed E-state index contributed by atoms with van der Waals surface area (Å²) < 4.78 is 26.0. The van der Waals surface area contributed by atoms with E-state index in [1.165, 1.54) is 12.0 Å². The van der Waals surface area contributed by atoms with Crippen LogP contribution in [0.4, 0.5) is 5.69 Å². The van der Waals surface area contributed by atoms with Crippen LogP contribution in [0.25, 0.3) is 0 Å². The molecule has 2 aromatic rings. The van der Waals surface area contributed by atoms with Crippen molar-refractivity contribution in [1.29, 1.82) is 0 Å². The molecule has 0 unspecified atom stereocenters. The molecule has 0 bridgehead atoms. The minimum Gasteiger partial charge on any atom is -0.376 e. The molecule has 0 saturated heterocycles. The highest BCUT2D eigenvalue weighted by molar-refractivity contribution is 7.89. The third-order valence-electron chi connectivity index (χ3n) is 6.75. The Morgan fingerprint density at radius 2 is 1.87 bits per heavy atom. The summed E-state index contributed by atoms with van der Waals surface area (Å²) in [6.45, 7) is 3.42. The summed E-state index contributed by atoms with van der Waals surface area (Å²) >= 11 is 0. The van der Waals surface area contributed by atoms with E-state index in [1.54, 1.807) is 11.2 Å². The fourth-order valence-corrected chi connectivity index (χ4v) is 5.71. The number of carbonyl (C=O) groups is 1. The van der Waals surface area contributed by atoms with Crippen LogP contribution >= 0.6 is 0 Å². The second-order valence-corrected chi connectivity index (χ2v) is 10.8. The van der Waals surface area contributed by atoms with Crippen LogP contribution in [0.3, 0.4) is 0 Å². The predicted octanol–water partition coefficient (Wildman–Crippen LogP) is 3.04. The predicted molar refractivity (Wildman–Crippen MR) is 123 cm³/mol. The Hall–Kier alpha value is -2.38. The number of amides is 1. The van der Waals surface area contributed by atoms with Gasteiger partial charge in [0, 0.05) is 30.7 Å². The Morgan fingerprint density at radius 3 is 2.55 bits per heavy atom. The summed E-state index contributed by atoms with van der Waals surface area (Å²) in [7, 11) is -3.20. The molecule has 2 aromatic carbocycles. The van der Waals surface area contributed by atoms with Crippen molar-refractivity contribution in [3.05, 3.63) is 65.2 Å². The van der Waals surface area contributed by atoms with E-state index in [-0.39, 0.29) is 23.6 Å². The first-order valence-electron chi connectivity index (χ1n) is 11.1. The largest absolute Gasteiger partial charge is 0.376 e. The first-order valence-corrected chi connectivity index (χ1v) is 12.7. The summed E-state index contributed by atoms with van der Waals surface area (Å²) in [6.07, 6.45) is 4.06. The molecule has 2 aliphatic rings. The van der Waals surface area contributed by atoms with Crippen molar-refractivity contribution in [2.45, 2.75) is 44.6 Å². The van der Waals surface area contributed by atoms with Crippen LogP contribution < -0.4 is 10.6 Å². The summed E-state index contributed by atoms with van der Waals surface area (Å²) in [5.41, 5.74) is 4.40. The minimum absolute atomic E-state index is 0.0224. The van der Waals surface area contributed by atoms with Gasteiger partial charge in [0.1, 0.15) is 0 Å². The van der Waals surface area contributed by atoms with Gasteiger partial charge >= 0.3 is 0 Å². The van der Waals surface area contributed by atoms with E-state index in [0.717, 1.165) is 29.7 Å². The van der Waals surface area contributed by atoms with Crippen LogP contribution in [-0.2, 0) is 33.2 Å². The number of sulfonamides is 1. The molecule has 1 aliphatic heterocycles. The van der Waals surface area contributed by atoms with Crippen LogP contribution in [0.15, 0.2) is 48.5 Å². The number of nitrogens with zero attached hydrogens (tertiary/aromatic N) is 1. The van der Waals surface area contributed by atoms with Gasteiger partial charge in [-0.25, -0.2) is 8.42 Å². The van der Waals surface area contributed by atoms with Gasteiger partial charge in [-0.1, -0.05) is 48.9 Å². The molecule has 0 spiro atoms. The molecule has 1 amide bonds. The molecule has 2 N–H and O–H groups in total. The third kappa shape index (κ3) is 4.62. The zero-order chi connectivity index (χ0) is 21.9. The number of hydrogen-bond donors (Lipinski definition) is 2. The molecule has 1 saturated carbocycles. The Balaban J connectivity index is 1.35. The third-order valence-corrected chi connectivity index (χ3v) is 8.58. The van der Waals surface area contributed by atoms with Gasteiger partial charge in [0.2, 0.25) is 15.9 Å². The molecule has 6 nitrogen and oxygen atoms in total. The van der Waals surface area contributed by atoms with Gasteiger partial charge in [-0.15, -0.1) is 0 Å². The average Bonchev–Trinajstić information content (AvgIpc) is 2.77. The molecule has 0 atom stereocenters. The minimum atomic E-state index is -3.20. The summed E-state index contributed by atoms with van der Waals surface area (Å²) in [5.74, 6) is 0.0936. The lowest BCUT2D eigenvalue weighted by atomic mass is 9.64. The number of rotatable bonds is 8. The molecule has 0 radical (unpaired) electrons. The lowest BCUT2D eigenvalue weighted by Crippen LogP contribution is -2.46. The maximum Gasteiger partial charge on any atom is 0.239 e. The number of fused-ring (bicyclic) bond motifs is 1. The Morgan fingerprint density at radius 1 is 1.10 bits per heavy atom. The van der Waals surface area contributed by atoms with Crippen LogP contribution in [0.5, 0.6) is 0 Å². The second kappa shape index (κ2) is 9.01. The lowest BCUT2D eigenvalue weighted by Gasteiger charge is -2.42. The van der Waals surface area contributed by atoms with Gasteiger partial charge in [-0.05, 0) is 48.9 Å². The van der Waals surface area contributed by atoms with Crippen molar-refractivity contribution in [3.63, 3.8) is 0 Å². The van der Waals surface area contributed by atoms with Crippen molar-refractivity contribution >= 4 is 21.6 Å². The van der Waals surface area contributed by atoms with Gasteiger partial charge in [0.15, 0.2) is 0 Å². The zero-order valence-corrected chi connectivity index (χ0v) is 18.9. The molecule has 1 heterocycles. The number of anilines is 1. The smallest absolute Gasteiger partial charge is 0.239 e. The SMILES string of the molecule is CCS(=O)(=O)N1CCc2c(cccc2NCC(=O)NCC2(c3ccccc3)CCC2)C1. The summed E-state index contributed by atoms with van der Waals surface area (Å²) in [6, 6.07) is 16.3. The molecule has 0 aromatic heterocycles. The topological polar surface area (TPSA) is 78.5 Å². The van der Waals surface area contributed by atoms with Crippen LogP contribution in [0.1, 0.15) is 42.9 Å². The van der Waals surface area contributed by atoms with Crippen molar-refractivity contribution in [2.24, 2.45) is 0 Å². The van der Waals surface area contributed by atoms with E-state index >= 15 is 0 Å². The molecular formula is C24H31N3O3S. The first kappa shape index (κ1) is 21.8. The van der Waals surface area contributed by atoms with E-state index < -0.39 is 10.0 Å². The maximum absolute atomic E-state index is 12.6. The van der Waals surface area contributed by atoms with Crippen LogP contribution in [0, 0.1) is 0 Å². The summed E-state index contributed by atoms with van der Waals surface area (Å²) in [4.78, 5) is 12.6. The second-order valence-electron chi connectivity index (χ2n) is 8.56. The Bertz CT molecular complexity index is 1030. The Kier molecular flexibility index (Phi) is 6.34. The maximum atomic E-state index is 12.6. The van der Waals surface area contributed by atoms with E-state index in [2.05, 4.69) is 34.9 Å². The molecular weight excluding hydrogens is 410 g/mol. The fraction of sp³-hybridized carbons (Fsp3) is 0.458. The van der Waals surface area contributed by atoms with Crippen molar-refractivity contribution in [2.75, 3.05) is 30.7 Å². The highest BCUT2D eigenvalue weighted by Crippen LogP contribution is 2.43. The highest BCUT2D eigenvalue weighted by Gasteiger charge is 2.38. The first-order chi connectivity index (χ1) is 14.9. The quantitative estimate of drug-likeness (QED) is 0.660. The molecule has 4 rings (SSSR count). The van der Waals surface area contributed by atoms with Gasteiger partial charge in [0.25, 0.3) is 0 Å². The van der Waals surface area contributed by atoms with E-state index in [0.29, 0.717) is 26.1 Å². The van der Waals surface area contributed by atoms with Gasteiger partial charge < -0.3 is 10.6 Å². The number of benzene rings is 2. The fourth-order valence-electron chi connectivity index (χ4n) is 4.64. The van der Waals surface area contributed by atoms with Gasteiger partial charge in [-0.2, -0.15) is 4.31 Å². The Labute approximate surface area is 185 Å². The average molecular weight is 442 g/mol. The van der Waals surface area contributed by atoms with E-state index in [4.69, 9.17) is 0 Å². The van der Waals surface area contributed by atoms with Crippen LogP contribution in [-0.4, -0.2) is 44.0 Å². The lowest BCUT2D eigenvalue weighted by molar-refractivity contribution is -0.119. The molecule has 31 heavy (non-hydrogen) atoms. The normalized spacial score (nSPS) is 18.0. The van der Waals surface area contributed by atoms with Gasteiger partial charge in [-0.3, -0.25) is 4.79 Å². The van der Waals surface area contributed by atoms with Gasteiger partial charge in [0.05, 0.1) is 12.3 Å². The van der Waals surface area contributed by atoms with E-state index in [1.807, 2.05) is 24.3 Å². The van der Waals surface area contributed by atoms with Crippen molar-refractivity contribution in [1.82, 2.24) is 9.62 Å². The zero-order valence-electron chi connectivity index (χ0n) is 18.1.